The average molecular weight is 443 g/mol. The van der Waals surface area contributed by atoms with Crippen molar-refractivity contribution in [3.63, 3.8) is 0 Å². The van der Waals surface area contributed by atoms with Gasteiger partial charge in [-0.3, -0.25) is 4.79 Å². The number of thioether (sulfide) groups is 1. The third-order valence-corrected chi connectivity index (χ3v) is 7.40. The second-order valence-corrected chi connectivity index (χ2v) is 9.30. The Balaban J connectivity index is 2.31. The molecule has 1 aromatic rings. The standard InChI is InChI=1S/C13H17BrClN3O3S2/c1-3-8(2)17-13(19)10-6-22-7-18(10)23(20,21)11-4-9(14)5-16-12(11)15/h4-5,8,10H,3,6-7H2,1-2H3,(H,17,19). The average Bonchev–Trinajstić information content (AvgIpc) is 2.99. The first kappa shape index (κ1) is 19.0. The van der Waals surface area contributed by atoms with Gasteiger partial charge in [-0.15, -0.1) is 11.8 Å². The number of nitrogens with one attached hydrogen (secondary N) is 1. The molecule has 128 valence electrons. The van der Waals surface area contributed by atoms with Crippen LogP contribution in [0.1, 0.15) is 20.3 Å². The van der Waals surface area contributed by atoms with E-state index in [1.54, 1.807) is 0 Å². The van der Waals surface area contributed by atoms with E-state index in [1.165, 1.54) is 28.3 Å². The maximum atomic E-state index is 12.9. The van der Waals surface area contributed by atoms with Crippen LogP contribution in [-0.4, -0.2) is 47.3 Å². The molecular formula is C13H17BrClN3O3S2. The molecule has 1 aliphatic rings. The van der Waals surface area contributed by atoms with E-state index >= 15 is 0 Å². The highest BCUT2D eigenvalue weighted by atomic mass is 79.9. The smallest absolute Gasteiger partial charge is 0.247 e. The summed E-state index contributed by atoms with van der Waals surface area (Å²) in [5, 5.41) is 2.73. The van der Waals surface area contributed by atoms with Crippen molar-refractivity contribution >= 4 is 55.2 Å². The number of aromatic nitrogens is 1. The van der Waals surface area contributed by atoms with Gasteiger partial charge in [0.05, 0.1) is 5.88 Å². The van der Waals surface area contributed by atoms with Crippen molar-refractivity contribution in [1.29, 1.82) is 0 Å². The molecule has 1 aromatic heterocycles. The number of nitrogens with zero attached hydrogens (tertiary/aromatic N) is 2. The molecule has 0 bridgehead atoms. The Morgan fingerprint density at radius 2 is 2.35 bits per heavy atom. The summed E-state index contributed by atoms with van der Waals surface area (Å²) in [5.74, 6) is 0.344. The Kier molecular flexibility index (Phi) is 6.35. The zero-order chi connectivity index (χ0) is 17.2. The molecule has 2 rings (SSSR count). The van der Waals surface area contributed by atoms with Crippen molar-refractivity contribution in [1.82, 2.24) is 14.6 Å². The minimum absolute atomic E-state index is 0.00576. The second kappa shape index (κ2) is 7.69. The minimum atomic E-state index is -3.90. The zero-order valence-corrected chi connectivity index (χ0v) is 16.6. The lowest BCUT2D eigenvalue weighted by atomic mass is 10.2. The van der Waals surface area contributed by atoms with E-state index in [2.05, 4.69) is 26.2 Å². The molecule has 10 heteroatoms. The van der Waals surface area contributed by atoms with Crippen LogP contribution in [-0.2, 0) is 14.8 Å². The van der Waals surface area contributed by atoms with Gasteiger partial charge in [-0.25, -0.2) is 13.4 Å². The van der Waals surface area contributed by atoms with Crippen molar-refractivity contribution in [2.24, 2.45) is 0 Å². The predicted molar refractivity (Wildman–Crippen MR) is 95.0 cm³/mol. The van der Waals surface area contributed by atoms with E-state index in [1.807, 2.05) is 13.8 Å². The lowest BCUT2D eigenvalue weighted by Crippen LogP contribution is -2.49. The van der Waals surface area contributed by atoms with Gasteiger partial charge in [-0.1, -0.05) is 18.5 Å². The third-order valence-electron chi connectivity index (χ3n) is 3.51. The number of sulfonamides is 1. The molecule has 0 saturated carbocycles. The van der Waals surface area contributed by atoms with E-state index in [0.717, 1.165) is 6.42 Å². The van der Waals surface area contributed by atoms with E-state index in [0.29, 0.717) is 10.2 Å². The number of halogens is 2. The van der Waals surface area contributed by atoms with E-state index in [9.17, 15) is 13.2 Å². The number of hydrogen-bond acceptors (Lipinski definition) is 5. The molecule has 23 heavy (non-hydrogen) atoms. The molecule has 1 N–H and O–H groups in total. The lowest BCUT2D eigenvalue weighted by Gasteiger charge is -2.24. The molecule has 0 radical (unpaired) electrons. The fourth-order valence-corrected chi connectivity index (χ4v) is 6.09. The van der Waals surface area contributed by atoms with Crippen LogP contribution in [0.25, 0.3) is 0 Å². The van der Waals surface area contributed by atoms with Crippen molar-refractivity contribution in [2.75, 3.05) is 11.6 Å². The van der Waals surface area contributed by atoms with E-state index in [-0.39, 0.29) is 27.9 Å². The number of pyridine rings is 1. The van der Waals surface area contributed by atoms with E-state index in [4.69, 9.17) is 11.6 Å². The van der Waals surface area contributed by atoms with Gasteiger partial charge in [0.25, 0.3) is 0 Å². The van der Waals surface area contributed by atoms with Gasteiger partial charge >= 0.3 is 0 Å². The summed E-state index contributed by atoms with van der Waals surface area (Å²) in [6.07, 6.45) is 2.20. The normalized spacial score (nSPS) is 20.4. The van der Waals surface area contributed by atoms with Gasteiger partial charge < -0.3 is 5.32 Å². The summed E-state index contributed by atoms with van der Waals surface area (Å²) in [7, 11) is -3.90. The molecule has 0 spiro atoms. The van der Waals surface area contributed by atoms with Crippen LogP contribution in [0.15, 0.2) is 21.6 Å². The zero-order valence-electron chi connectivity index (χ0n) is 12.6. The molecule has 2 heterocycles. The summed E-state index contributed by atoms with van der Waals surface area (Å²) in [4.78, 5) is 16.1. The van der Waals surface area contributed by atoms with Crippen LogP contribution in [0, 0.1) is 0 Å². The number of carbonyl (C=O) groups excluding carboxylic acids is 1. The van der Waals surface area contributed by atoms with Crippen LogP contribution >= 0.6 is 39.3 Å². The van der Waals surface area contributed by atoms with Crippen LogP contribution in [0.2, 0.25) is 5.15 Å². The Labute approximate surface area is 153 Å². The molecular weight excluding hydrogens is 426 g/mol. The van der Waals surface area contributed by atoms with Crippen LogP contribution < -0.4 is 5.32 Å². The first-order valence-electron chi connectivity index (χ1n) is 6.98. The van der Waals surface area contributed by atoms with Crippen molar-refractivity contribution in [2.45, 2.75) is 37.2 Å². The summed E-state index contributed by atoms with van der Waals surface area (Å²) in [5.41, 5.74) is 0. The van der Waals surface area contributed by atoms with Gasteiger partial charge in [-0.2, -0.15) is 4.31 Å². The molecule has 0 aliphatic carbocycles. The molecule has 6 nitrogen and oxygen atoms in total. The number of amides is 1. The highest BCUT2D eigenvalue weighted by molar-refractivity contribution is 9.10. The first-order valence-corrected chi connectivity index (χ1v) is 10.7. The maximum Gasteiger partial charge on any atom is 0.247 e. The molecule has 1 saturated heterocycles. The second-order valence-electron chi connectivity index (χ2n) is 5.17. The summed E-state index contributed by atoms with van der Waals surface area (Å²) < 4.78 is 27.4. The Morgan fingerprint density at radius 1 is 1.65 bits per heavy atom. The maximum absolute atomic E-state index is 12.9. The van der Waals surface area contributed by atoms with Crippen LogP contribution in [0.3, 0.4) is 0 Å². The molecule has 1 fully saturated rings. The minimum Gasteiger partial charge on any atom is -0.352 e. The van der Waals surface area contributed by atoms with Crippen molar-refractivity contribution in [3.8, 4) is 0 Å². The Bertz CT molecular complexity index is 702. The predicted octanol–water partition coefficient (Wildman–Crippen LogP) is 2.48. The molecule has 1 amide bonds. The molecule has 2 unspecified atom stereocenters. The lowest BCUT2D eigenvalue weighted by molar-refractivity contribution is -0.124. The van der Waals surface area contributed by atoms with Crippen molar-refractivity contribution < 1.29 is 13.2 Å². The monoisotopic (exact) mass is 441 g/mol. The van der Waals surface area contributed by atoms with Gasteiger partial charge in [0, 0.05) is 22.5 Å². The summed E-state index contributed by atoms with van der Waals surface area (Å²) in [6.45, 7) is 3.84. The van der Waals surface area contributed by atoms with Gasteiger partial charge in [0.2, 0.25) is 15.9 Å². The van der Waals surface area contributed by atoms with Crippen LogP contribution in [0.5, 0.6) is 0 Å². The summed E-state index contributed by atoms with van der Waals surface area (Å²) >= 11 is 10.5. The SMILES string of the molecule is CCC(C)NC(=O)C1CSCN1S(=O)(=O)c1cc(Br)cnc1Cl. The van der Waals surface area contributed by atoms with Crippen LogP contribution in [0.4, 0.5) is 0 Å². The van der Waals surface area contributed by atoms with Gasteiger partial charge in [-0.05, 0) is 35.3 Å². The fourth-order valence-electron chi connectivity index (χ4n) is 2.02. The highest BCUT2D eigenvalue weighted by Crippen LogP contribution is 2.32. The first-order chi connectivity index (χ1) is 10.8. The largest absolute Gasteiger partial charge is 0.352 e. The Morgan fingerprint density at radius 3 is 3.00 bits per heavy atom. The Hall–Kier alpha value is -0.350. The fraction of sp³-hybridized carbons (Fsp3) is 0.538. The molecule has 1 aliphatic heterocycles. The number of rotatable bonds is 5. The quantitative estimate of drug-likeness (QED) is 0.709. The molecule has 2 atom stereocenters. The third kappa shape index (κ3) is 4.19. The number of hydrogen-bond donors (Lipinski definition) is 1. The number of carbonyl (C=O) groups is 1. The topological polar surface area (TPSA) is 79.4 Å². The summed E-state index contributed by atoms with van der Waals surface area (Å²) in [6, 6.07) is 0.653. The van der Waals surface area contributed by atoms with Gasteiger partial charge in [0.15, 0.2) is 0 Å². The highest BCUT2D eigenvalue weighted by Gasteiger charge is 2.41. The molecule has 0 aromatic carbocycles. The van der Waals surface area contributed by atoms with E-state index < -0.39 is 16.1 Å². The van der Waals surface area contributed by atoms with Crippen molar-refractivity contribution in [3.05, 3.63) is 21.9 Å². The van der Waals surface area contributed by atoms with Gasteiger partial charge in [0.1, 0.15) is 16.1 Å².